The highest BCUT2D eigenvalue weighted by atomic mass is 16.5. The maximum atomic E-state index is 6.51. The molecule has 1 aliphatic heterocycles. The number of piperidine rings is 1. The third kappa shape index (κ3) is 6.21. The zero-order valence-corrected chi connectivity index (χ0v) is 18.9. The van der Waals surface area contributed by atoms with Crippen LogP contribution in [0.3, 0.4) is 0 Å². The lowest BCUT2D eigenvalue weighted by Gasteiger charge is -2.36. The monoisotopic (exact) mass is 419 g/mol. The molecule has 3 atom stereocenters. The van der Waals surface area contributed by atoms with E-state index in [2.05, 4.69) is 65.6 Å². The molecule has 1 saturated heterocycles. The van der Waals surface area contributed by atoms with E-state index in [0.29, 0.717) is 24.7 Å². The van der Waals surface area contributed by atoms with E-state index in [0.717, 1.165) is 12.8 Å². The molecule has 2 aromatic rings. The summed E-state index contributed by atoms with van der Waals surface area (Å²) in [6.07, 6.45) is 12.9. The molecule has 0 spiro atoms. The van der Waals surface area contributed by atoms with Crippen molar-refractivity contribution in [1.82, 2.24) is 4.90 Å². The molecule has 3 heteroatoms. The molecule has 1 heterocycles. The third-order valence-corrected chi connectivity index (χ3v) is 6.96. The van der Waals surface area contributed by atoms with Gasteiger partial charge in [0.2, 0.25) is 0 Å². The van der Waals surface area contributed by atoms with E-state index >= 15 is 0 Å². The van der Waals surface area contributed by atoms with Crippen LogP contribution in [-0.2, 0) is 22.5 Å². The molecule has 0 unspecified atom stereocenters. The lowest BCUT2D eigenvalue weighted by Crippen LogP contribution is -2.43. The van der Waals surface area contributed by atoms with Crippen molar-refractivity contribution in [2.24, 2.45) is 5.92 Å². The second kappa shape index (κ2) is 11.5. The van der Waals surface area contributed by atoms with Gasteiger partial charge in [-0.25, -0.2) is 0 Å². The van der Waals surface area contributed by atoms with Crippen LogP contribution >= 0.6 is 0 Å². The summed E-state index contributed by atoms with van der Waals surface area (Å²) in [6.45, 7) is 3.21. The Hall–Kier alpha value is -2.10. The lowest BCUT2D eigenvalue weighted by molar-refractivity contribution is -0.000265. The van der Waals surface area contributed by atoms with Crippen LogP contribution in [0.5, 0.6) is 0 Å². The Balaban J connectivity index is 1.34. The highest BCUT2D eigenvalue weighted by Crippen LogP contribution is 2.37. The number of benzene rings is 2. The van der Waals surface area contributed by atoms with Gasteiger partial charge in [0, 0.05) is 12.0 Å². The number of hydrogen-bond acceptors (Lipinski definition) is 3. The van der Waals surface area contributed by atoms with Crippen LogP contribution in [-0.4, -0.2) is 37.2 Å². The number of likely N-dealkylation sites (tertiary alicyclic amines) is 1. The second-order valence-electron chi connectivity index (χ2n) is 9.08. The summed E-state index contributed by atoms with van der Waals surface area (Å²) in [5, 5.41) is 0. The van der Waals surface area contributed by atoms with Crippen LogP contribution in [0.15, 0.2) is 66.9 Å². The quantitative estimate of drug-likeness (QED) is 0.467. The maximum absolute atomic E-state index is 6.51. The second-order valence-corrected chi connectivity index (χ2v) is 9.08. The summed E-state index contributed by atoms with van der Waals surface area (Å²) in [7, 11) is 1.72. The van der Waals surface area contributed by atoms with Crippen molar-refractivity contribution in [3.05, 3.63) is 83.6 Å². The number of ether oxygens (including phenoxy) is 2. The first-order chi connectivity index (χ1) is 15.3. The van der Waals surface area contributed by atoms with E-state index in [1.54, 1.807) is 7.11 Å². The topological polar surface area (TPSA) is 21.7 Å². The van der Waals surface area contributed by atoms with Crippen molar-refractivity contribution in [3.63, 3.8) is 0 Å². The summed E-state index contributed by atoms with van der Waals surface area (Å²) < 4.78 is 11.7. The summed E-state index contributed by atoms with van der Waals surface area (Å²) in [4.78, 5) is 2.73. The van der Waals surface area contributed by atoms with Crippen molar-refractivity contribution in [1.29, 1.82) is 0 Å². The molecule has 0 N–H and O–H groups in total. The molecule has 166 valence electrons. The predicted molar refractivity (Wildman–Crippen MR) is 127 cm³/mol. The average Bonchev–Trinajstić information content (AvgIpc) is 3.23. The van der Waals surface area contributed by atoms with Gasteiger partial charge in [-0.15, -0.1) is 0 Å². The molecule has 0 bridgehead atoms. The molecular weight excluding hydrogens is 382 g/mol. The molecular formula is C28H37NO2. The van der Waals surface area contributed by atoms with Crippen molar-refractivity contribution >= 4 is 0 Å². The molecule has 2 aliphatic rings. The van der Waals surface area contributed by atoms with Gasteiger partial charge in [-0.05, 0) is 74.4 Å². The number of rotatable bonds is 9. The standard InChI is InChI=1S/C28H37NO2/c1-30-20-8-11-26-27(29-18-6-3-7-19-29)16-17-28(26)31-22-25-14-12-24(13-15-25)21-23-9-4-2-5-10-23/h2,4-5,8-10,12-15,20,26-28H,3,6-7,11,16-19,21-22H2,1H3/t26-,27+,28+/m0/s1. The Morgan fingerprint density at radius 3 is 2.32 bits per heavy atom. The number of methoxy groups -OCH3 is 1. The van der Waals surface area contributed by atoms with Crippen molar-refractivity contribution in [2.75, 3.05) is 20.2 Å². The Bertz CT molecular complexity index is 796. The van der Waals surface area contributed by atoms with E-state index in [1.807, 2.05) is 6.26 Å². The van der Waals surface area contributed by atoms with Crippen LogP contribution in [0.2, 0.25) is 0 Å². The van der Waals surface area contributed by atoms with Gasteiger partial charge in [-0.2, -0.15) is 0 Å². The zero-order chi connectivity index (χ0) is 21.3. The first-order valence-corrected chi connectivity index (χ1v) is 12.0. The minimum atomic E-state index is 0.331. The van der Waals surface area contributed by atoms with E-state index < -0.39 is 0 Å². The van der Waals surface area contributed by atoms with Gasteiger partial charge in [0.15, 0.2) is 0 Å². The molecule has 2 aromatic carbocycles. The number of hydrogen-bond donors (Lipinski definition) is 0. The third-order valence-electron chi connectivity index (χ3n) is 6.96. The van der Waals surface area contributed by atoms with Gasteiger partial charge >= 0.3 is 0 Å². The molecule has 0 aromatic heterocycles. The van der Waals surface area contributed by atoms with Gasteiger partial charge in [-0.3, -0.25) is 0 Å². The summed E-state index contributed by atoms with van der Waals surface area (Å²) >= 11 is 0. The zero-order valence-electron chi connectivity index (χ0n) is 18.9. The van der Waals surface area contributed by atoms with Crippen LogP contribution < -0.4 is 0 Å². The van der Waals surface area contributed by atoms with Crippen LogP contribution in [0.25, 0.3) is 0 Å². The fourth-order valence-corrected chi connectivity index (χ4v) is 5.33. The first kappa shape index (κ1) is 22.1. The molecule has 3 nitrogen and oxygen atoms in total. The molecule has 0 amide bonds. The van der Waals surface area contributed by atoms with Crippen molar-refractivity contribution < 1.29 is 9.47 Å². The molecule has 2 fully saturated rings. The molecule has 1 saturated carbocycles. The Labute approximate surface area is 188 Å². The summed E-state index contributed by atoms with van der Waals surface area (Å²) in [5.41, 5.74) is 3.97. The molecule has 1 aliphatic carbocycles. The van der Waals surface area contributed by atoms with E-state index in [4.69, 9.17) is 9.47 Å². The van der Waals surface area contributed by atoms with Gasteiger partial charge in [0.05, 0.1) is 26.1 Å². The Kier molecular flexibility index (Phi) is 8.20. The molecule has 4 rings (SSSR count). The average molecular weight is 420 g/mol. The highest BCUT2D eigenvalue weighted by molar-refractivity contribution is 5.28. The highest BCUT2D eigenvalue weighted by Gasteiger charge is 2.39. The van der Waals surface area contributed by atoms with E-state index in [1.165, 1.54) is 61.9 Å². The smallest absolute Gasteiger partial charge is 0.0784 e. The normalized spacial score (nSPS) is 24.6. The van der Waals surface area contributed by atoms with Crippen molar-refractivity contribution in [3.8, 4) is 0 Å². The fourth-order valence-electron chi connectivity index (χ4n) is 5.33. The SMILES string of the molecule is COC=CC[C@H]1[C@H](N2CCCCC2)CC[C@H]1OCc1ccc(Cc2ccccc2)cc1. The maximum Gasteiger partial charge on any atom is 0.0784 e. The van der Waals surface area contributed by atoms with Gasteiger partial charge in [-0.1, -0.05) is 61.0 Å². The summed E-state index contributed by atoms with van der Waals surface area (Å²) in [5.74, 6) is 0.557. The van der Waals surface area contributed by atoms with E-state index in [9.17, 15) is 0 Å². The van der Waals surface area contributed by atoms with Crippen LogP contribution in [0.4, 0.5) is 0 Å². The fraction of sp³-hybridized carbons (Fsp3) is 0.500. The van der Waals surface area contributed by atoms with Gasteiger partial charge < -0.3 is 14.4 Å². The van der Waals surface area contributed by atoms with Gasteiger partial charge in [0.25, 0.3) is 0 Å². The minimum absolute atomic E-state index is 0.331. The summed E-state index contributed by atoms with van der Waals surface area (Å²) in [6, 6.07) is 20.3. The lowest BCUT2D eigenvalue weighted by atomic mass is 9.94. The van der Waals surface area contributed by atoms with E-state index in [-0.39, 0.29) is 0 Å². The number of allylic oxidation sites excluding steroid dienone is 1. The molecule has 31 heavy (non-hydrogen) atoms. The predicted octanol–water partition coefficient (Wildman–Crippen LogP) is 5.98. The first-order valence-electron chi connectivity index (χ1n) is 12.0. The van der Waals surface area contributed by atoms with Gasteiger partial charge in [0.1, 0.15) is 0 Å². The van der Waals surface area contributed by atoms with Crippen LogP contribution in [0.1, 0.15) is 55.2 Å². The largest absolute Gasteiger partial charge is 0.505 e. The minimum Gasteiger partial charge on any atom is -0.505 e. The Morgan fingerprint density at radius 2 is 1.58 bits per heavy atom. The number of nitrogens with zero attached hydrogens (tertiary/aromatic N) is 1. The Morgan fingerprint density at radius 1 is 0.871 bits per heavy atom. The van der Waals surface area contributed by atoms with Crippen LogP contribution in [0, 0.1) is 5.92 Å². The van der Waals surface area contributed by atoms with Crippen molar-refractivity contribution in [2.45, 2.75) is 63.7 Å². The molecule has 0 radical (unpaired) electrons.